The molecule has 0 heterocycles. The Kier molecular flexibility index (Phi) is 2.39. The summed E-state index contributed by atoms with van der Waals surface area (Å²) >= 11 is 0. The lowest BCUT2D eigenvalue weighted by Gasteiger charge is -2.17. The van der Waals surface area contributed by atoms with Crippen LogP contribution in [-0.2, 0) is 0 Å². The Hall–Kier alpha value is -1.51. The van der Waals surface area contributed by atoms with Gasteiger partial charge in [0.2, 0.25) is 0 Å². The first kappa shape index (κ1) is 10.0. The van der Waals surface area contributed by atoms with Crippen LogP contribution in [-0.4, -0.2) is 5.92 Å². The van der Waals surface area contributed by atoms with Crippen LogP contribution in [0.3, 0.4) is 0 Å². The number of benzene rings is 1. The first-order chi connectivity index (χ1) is 7.07. The molecule has 0 saturated heterocycles. The summed E-state index contributed by atoms with van der Waals surface area (Å²) in [7, 11) is 0. The highest BCUT2D eigenvalue weighted by atomic mass is 19.3. The average Bonchev–Trinajstić information content (AvgIpc) is 2.16. The molecule has 0 N–H and O–H groups in total. The number of alkyl halides is 2. The lowest BCUT2D eigenvalue weighted by atomic mass is 9.97. The quantitative estimate of drug-likeness (QED) is 0.658. The van der Waals surface area contributed by atoms with Gasteiger partial charge in [-0.05, 0) is 23.3 Å². The van der Waals surface area contributed by atoms with Crippen molar-refractivity contribution in [3.8, 4) is 0 Å². The van der Waals surface area contributed by atoms with Crippen LogP contribution >= 0.6 is 0 Å². The molecule has 0 aromatic heterocycles. The van der Waals surface area contributed by atoms with E-state index in [4.69, 9.17) is 0 Å². The van der Waals surface area contributed by atoms with Crippen molar-refractivity contribution in [3.63, 3.8) is 0 Å². The SMILES string of the molecule is FC1=CC(c2ccccc2)=CC(F)(F)C1. The fourth-order valence-electron chi connectivity index (χ4n) is 1.56. The van der Waals surface area contributed by atoms with Crippen LogP contribution in [0.15, 0.2) is 48.3 Å². The van der Waals surface area contributed by atoms with Gasteiger partial charge in [0.05, 0.1) is 6.42 Å². The molecular weight excluding hydrogens is 201 g/mol. The maximum absolute atomic E-state index is 13.0. The van der Waals surface area contributed by atoms with Crippen molar-refractivity contribution in [3.05, 3.63) is 53.9 Å². The van der Waals surface area contributed by atoms with Gasteiger partial charge >= 0.3 is 0 Å². The van der Waals surface area contributed by atoms with Gasteiger partial charge in [0.15, 0.2) is 0 Å². The number of halogens is 3. The van der Waals surface area contributed by atoms with Crippen molar-refractivity contribution < 1.29 is 13.2 Å². The lowest BCUT2D eigenvalue weighted by Crippen LogP contribution is -2.15. The van der Waals surface area contributed by atoms with Crippen molar-refractivity contribution in [1.82, 2.24) is 0 Å². The summed E-state index contributed by atoms with van der Waals surface area (Å²) in [6.07, 6.45) is 1.14. The first-order valence-corrected chi connectivity index (χ1v) is 4.59. The van der Waals surface area contributed by atoms with Gasteiger partial charge < -0.3 is 0 Å². The van der Waals surface area contributed by atoms with E-state index < -0.39 is 18.2 Å². The van der Waals surface area contributed by atoms with Gasteiger partial charge in [-0.1, -0.05) is 30.3 Å². The van der Waals surface area contributed by atoms with Gasteiger partial charge in [-0.25, -0.2) is 13.2 Å². The van der Waals surface area contributed by atoms with E-state index in [-0.39, 0.29) is 5.57 Å². The molecule has 1 aromatic carbocycles. The molecule has 0 unspecified atom stereocenters. The van der Waals surface area contributed by atoms with Gasteiger partial charge in [0, 0.05) is 0 Å². The molecule has 1 aliphatic rings. The fraction of sp³-hybridized carbons (Fsp3) is 0.167. The van der Waals surface area contributed by atoms with Crippen LogP contribution in [0, 0.1) is 0 Å². The molecule has 1 aromatic rings. The fourth-order valence-corrected chi connectivity index (χ4v) is 1.56. The summed E-state index contributed by atoms with van der Waals surface area (Å²) in [4.78, 5) is 0. The third-order valence-corrected chi connectivity index (χ3v) is 2.19. The van der Waals surface area contributed by atoms with Gasteiger partial charge in [0.1, 0.15) is 5.83 Å². The van der Waals surface area contributed by atoms with Crippen molar-refractivity contribution >= 4 is 5.57 Å². The highest BCUT2D eigenvalue weighted by molar-refractivity contribution is 5.76. The molecule has 0 aliphatic heterocycles. The van der Waals surface area contributed by atoms with E-state index in [1.54, 1.807) is 30.3 Å². The zero-order chi connectivity index (χ0) is 10.9. The Bertz CT molecular complexity index is 416. The van der Waals surface area contributed by atoms with E-state index in [0.29, 0.717) is 5.56 Å². The Morgan fingerprint density at radius 1 is 1.07 bits per heavy atom. The van der Waals surface area contributed by atoms with Gasteiger partial charge in [-0.3, -0.25) is 0 Å². The second kappa shape index (κ2) is 3.57. The predicted molar refractivity (Wildman–Crippen MR) is 53.2 cm³/mol. The molecule has 0 nitrogen and oxygen atoms in total. The van der Waals surface area contributed by atoms with Gasteiger partial charge in [-0.15, -0.1) is 0 Å². The second-order valence-corrected chi connectivity index (χ2v) is 3.49. The third-order valence-electron chi connectivity index (χ3n) is 2.19. The summed E-state index contributed by atoms with van der Waals surface area (Å²) in [6, 6.07) is 8.60. The monoisotopic (exact) mass is 210 g/mol. The van der Waals surface area contributed by atoms with E-state index in [2.05, 4.69) is 0 Å². The minimum Gasteiger partial charge on any atom is -0.212 e. The molecule has 15 heavy (non-hydrogen) atoms. The maximum atomic E-state index is 13.0. The Morgan fingerprint density at radius 3 is 2.33 bits per heavy atom. The predicted octanol–water partition coefficient (Wildman–Crippen LogP) is 3.96. The normalized spacial score (nSPS) is 19.4. The van der Waals surface area contributed by atoms with Crippen molar-refractivity contribution in [2.45, 2.75) is 12.3 Å². The highest BCUT2D eigenvalue weighted by Gasteiger charge is 2.31. The molecule has 0 amide bonds. The zero-order valence-electron chi connectivity index (χ0n) is 7.88. The average molecular weight is 210 g/mol. The maximum Gasteiger partial charge on any atom is 0.273 e. The van der Waals surface area contributed by atoms with Gasteiger partial charge in [0.25, 0.3) is 5.92 Å². The van der Waals surface area contributed by atoms with Crippen molar-refractivity contribution in [2.75, 3.05) is 0 Å². The van der Waals surface area contributed by atoms with E-state index in [1.165, 1.54) is 0 Å². The first-order valence-electron chi connectivity index (χ1n) is 4.59. The molecule has 0 bridgehead atoms. The smallest absolute Gasteiger partial charge is 0.212 e. The van der Waals surface area contributed by atoms with Crippen LogP contribution in [0.2, 0.25) is 0 Å². The standard InChI is InChI=1S/C12H9F3/c13-11-6-10(7-12(14,15)8-11)9-4-2-1-3-5-9/h1-7H,8H2. The molecule has 78 valence electrons. The number of allylic oxidation sites excluding steroid dienone is 4. The zero-order valence-corrected chi connectivity index (χ0v) is 7.88. The molecule has 0 fully saturated rings. The lowest BCUT2D eigenvalue weighted by molar-refractivity contribution is 0.0492. The molecule has 0 atom stereocenters. The highest BCUT2D eigenvalue weighted by Crippen LogP contribution is 2.35. The molecule has 2 rings (SSSR count). The molecule has 3 heteroatoms. The van der Waals surface area contributed by atoms with E-state index in [0.717, 1.165) is 12.2 Å². The molecule has 1 aliphatic carbocycles. The largest absolute Gasteiger partial charge is 0.273 e. The third kappa shape index (κ3) is 2.29. The molecule has 0 saturated carbocycles. The van der Waals surface area contributed by atoms with Crippen LogP contribution in [0.4, 0.5) is 13.2 Å². The Labute approximate surface area is 85.7 Å². The minimum atomic E-state index is -3.08. The van der Waals surface area contributed by atoms with Crippen molar-refractivity contribution in [1.29, 1.82) is 0 Å². The topological polar surface area (TPSA) is 0 Å². The second-order valence-electron chi connectivity index (χ2n) is 3.49. The van der Waals surface area contributed by atoms with Gasteiger partial charge in [-0.2, -0.15) is 0 Å². The van der Waals surface area contributed by atoms with E-state index >= 15 is 0 Å². The summed E-state index contributed by atoms with van der Waals surface area (Å²) in [5, 5.41) is 0. The van der Waals surface area contributed by atoms with Crippen LogP contribution < -0.4 is 0 Å². The molecular formula is C12H9F3. The van der Waals surface area contributed by atoms with Crippen LogP contribution in [0.25, 0.3) is 5.57 Å². The minimum absolute atomic E-state index is 0.240. The molecule has 0 radical (unpaired) electrons. The van der Waals surface area contributed by atoms with Crippen LogP contribution in [0.5, 0.6) is 0 Å². The summed E-state index contributed by atoms with van der Waals surface area (Å²) in [5.41, 5.74) is 0.844. The van der Waals surface area contributed by atoms with E-state index in [9.17, 15) is 13.2 Å². The Morgan fingerprint density at radius 2 is 1.73 bits per heavy atom. The summed E-state index contributed by atoms with van der Waals surface area (Å²) < 4.78 is 39.0. The van der Waals surface area contributed by atoms with E-state index in [1.807, 2.05) is 0 Å². The number of rotatable bonds is 1. The Balaban J connectivity index is 2.42. The molecule has 0 spiro atoms. The van der Waals surface area contributed by atoms with Crippen LogP contribution in [0.1, 0.15) is 12.0 Å². The summed E-state index contributed by atoms with van der Waals surface area (Å²) in [6.45, 7) is 0. The number of hydrogen-bond acceptors (Lipinski definition) is 0. The van der Waals surface area contributed by atoms with Crippen molar-refractivity contribution in [2.24, 2.45) is 0 Å². The summed E-state index contributed by atoms with van der Waals surface area (Å²) in [5.74, 6) is -3.86. The number of hydrogen-bond donors (Lipinski definition) is 0.